The first-order valence-corrected chi connectivity index (χ1v) is 10.8. The van der Waals surface area contributed by atoms with Crippen LogP contribution in [0.2, 0.25) is 10.0 Å². The van der Waals surface area contributed by atoms with Gasteiger partial charge < -0.3 is 14.7 Å². The van der Waals surface area contributed by atoms with Crippen molar-refractivity contribution in [2.75, 3.05) is 7.11 Å². The van der Waals surface area contributed by atoms with Crippen LogP contribution in [0.5, 0.6) is 5.75 Å². The van der Waals surface area contributed by atoms with Gasteiger partial charge in [-0.05, 0) is 60.0 Å². The van der Waals surface area contributed by atoms with Crippen LogP contribution < -0.4 is 4.74 Å². The molecular weight excluding hydrogens is 463 g/mol. The van der Waals surface area contributed by atoms with Crippen molar-refractivity contribution in [1.82, 2.24) is 9.88 Å². The van der Waals surface area contributed by atoms with Crippen LogP contribution in [0.25, 0.3) is 5.76 Å². The molecule has 1 aromatic heterocycles. The molecule has 2 heterocycles. The third-order valence-corrected chi connectivity index (χ3v) is 6.12. The lowest BCUT2D eigenvalue weighted by molar-refractivity contribution is -0.140. The fourth-order valence-corrected chi connectivity index (χ4v) is 4.46. The molecule has 168 valence electrons. The summed E-state index contributed by atoms with van der Waals surface area (Å²) in [6.45, 7) is 1.90. The summed E-state index contributed by atoms with van der Waals surface area (Å²) in [6, 6.07) is 12.5. The van der Waals surface area contributed by atoms with Crippen molar-refractivity contribution < 1.29 is 19.4 Å². The minimum Gasteiger partial charge on any atom is -0.507 e. The van der Waals surface area contributed by atoms with Crippen molar-refractivity contribution in [3.63, 3.8) is 0 Å². The van der Waals surface area contributed by atoms with E-state index in [2.05, 4.69) is 4.98 Å². The zero-order chi connectivity index (χ0) is 23.7. The van der Waals surface area contributed by atoms with Gasteiger partial charge in [-0.25, -0.2) is 0 Å². The number of ether oxygens (including phenoxy) is 1. The average molecular weight is 483 g/mol. The predicted molar refractivity (Wildman–Crippen MR) is 126 cm³/mol. The smallest absolute Gasteiger partial charge is 0.295 e. The van der Waals surface area contributed by atoms with E-state index in [0.717, 1.165) is 5.56 Å². The second-order valence-corrected chi connectivity index (χ2v) is 8.48. The number of ketones is 1. The minimum absolute atomic E-state index is 0.0404. The number of hydrogen-bond acceptors (Lipinski definition) is 5. The van der Waals surface area contributed by atoms with Gasteiger partial charge in [0.25, 0.3) is 11.7 Å². The number of aliphatic hydroxyl groups is 1. The van der Waals surface area contributed by atoms with Gasteiger partial charge in [-0.3, -0.25) is 14.6 Å². The lowest BCUT2D eigenvalue weighted by Gasteiger charge is -2.26. The molecule has 0 spiro atoms. The molecule has 0 unspecified atom stereocenters. The van der Waals surface area contributed by atoms with Gasteiger partial charge in [0, 0.05) is 34.5 Å². The van der Waals surface area contributed by atoms with Gasteiger partial charge >= 0.3 is 0 Å². The maximum absolute atomic E-state index is 13.2. The third kappa shape index (κ3) is 4.32. The number of benzene rings is 2. The number of halogens is 2. The van der Waals surface area contributed by atoms with Crippen LogP contribution in [0, 0.1) is 6.92 Å². The molecule has 3 aromatic rings. The molecule has 1 aliphatic rings. The highest BCUT2D eigenvalue weighted by atomic mass is 35.5. The summed E-state index contributed by atoms with van der Waals surface area (Å²) >= 11 is 12.6. The lowest BCUT2D eigenvalue weighted by Crippen LogP contribution is -2.29. The SMILES string of the molecule is COc1ccc(/C(O)=C2\C(=O)C(=O)N(Cc3cccnc3)[C@@H]2c2ccc(Cl)cc2Cl)c(C)c1. The summed E-state index contributed by atoms with van der Waals surface area (Å²) in [7, 11) is 1.54. The Kier molecular flexibility index (Phi) is 6.40. The van der Waals surface area contributed by atoms with Gasteiger partial charge in [0.05, 0.1) is 18.7 Å². The van der Waals surface area contributed by atoms with Crippen molar-refractivity contribution in [2.24, 2.45) is 0 Å². The van der Waals surface area contributed by atoms with Gasteiger partial charge in [-0.1, -0.05) is 35.3 Å². The Bertz CT molecular complexity index is 1270. The number of methoxy groups -OCH3 is 1. The van der Waals surface area contributed by atoms with Crippen LogP contribution in [0.15, 0.2) is 66.5 Å². The normalized spacial score (nSPS) is 17.5. The van der Waals surface area contributed by atoms with Gasteiger partial charge in [0.2, 0.25) is 0 Å². The van der Waals surface area contributed by atoms with Crippen molar-refractivity contribution >= 4 is 40.7 Å². The number of aromatic nitrogens is 1. The van der Waals surface area contributed by atoms with Gasteiger partial charge in [0.1, 0.15) is 11.5 Å². The summed E-state index contributed by atoms with van der Waals surface area (Å²) < 4.78 is 5.23. The molecule has 1 N–H and O–H groups in total. The molecule has 0 radical (unpaired) electrons. The average Bonchev–Trinajstić information content (AvgIpc) is 3.04. The second kappa shape index (κ2) is 9.25. The van der Waals surface area contributed by atoms with Crippen LogP contribution in [-0.2, 0) is 16.1 Å². The molecule has 8 heteroatoms. The fourth-order valence-electron chi connectivity index (χ4n) is 3.95. The molecule has 6 nitrogen and oxygen atoms in total. The highest BCUT2D eigenvalue weighted by Gasteiger charge is 2.46. The number of pyridine rings is 1. The summed E-state index contributed by atoms with van der Waals surface area (Å²) in [6.07, 6.45) is 3.24. The van der Waals surface area contributed by atoms with E-state index in [-0.39, 0.29) is 22.9 Å². The number of Topliss-reactive ketones (excluding diaryl/α,β-unsaturated/α-hetero) is 1. The summed E-state index contributed by atoms with van der Waals surface area (Å²) in [5, 5.41) is 12.0. The molecule has 33 heavy (non-hydrogen) atoms. The second-order valence-electron chi connectivity index (χ2n) is 7.63. The summed E-state index contributed by atoms with van der Waals surface area (Å²) in [5.41, 5.74) is 2.28. The number of likely N-dealkylation sites (tertiary alicyclic amines) is 1. The summed E-state index contributed by atoms with van der Waals surface area (Å²) in [5.74, 6) is -1.19. The van der Waals surface area contributed by atoms with E-state index in [9.17, 15) is 14.7 Å². The number of nitrogens with zero attached hydrogens (tertiary/aromatic N) is 2. The molecule has 1 fully saturated rings. The molecule has 2 aromatic carbocycles. The van der Waals surface area contributed by atoms with E-state index in [1.54, 1.807) is 75.0 Å². The fraction of sp³-hybridized carbons (Fsp3) is 0.160. The summed E-state index contributed by atoms with van der Waals surface area (Å²) in [4.78, 5) is 31.8. The number of hydrogen-bond donors (Lipinski definition) is 1. The Hall–Kier alpha value is -3.35. The van der Waals surface area contributed by atoms with E-state index in [1.165, 1.54) is 4.90 Å². The molecule has 1 saturated heterocycles. The maximum atomic E-state index is 13.2. The predicted octanol–water partition coefficient (Wildman–Crippen LogP) is 5.33. The monoisotopic (exact) mass is 482 g/mol. The maximum Gasteiger partial charge on any atom is 0.295 e. The minimum atomic E-state index is -0.906. The molecular formula is C25H20Cl2N2O4. The Morgan fingerprint density at radius 3 is 2.58 bits per heavy atom. The quantitative estimate of drug-likeness (QED) is 0.302. The number of rotatable bonds is 5. The molecule has 4 rings (SSSR count). The number of amides is 1. The zero-order valence-corrected chi connectivity index (χ0v) is 19.4. The number of carbonyl (C=O) groups is 2. The lowest BCUT2D eigenvalue weighted by atomic mass is 9.93. The van der Waals surface area contributed by atoms with Crippen LogP contribution in [0.4, 0.5) is 0 Å². The van der Waals surface area contributed by atoms with Gasteiger partial charge in [0.15, 0.2) is 0 Å². The largest absolute Gasteiger partial charge is 0.507 e. The Morgan fingerprint density at radius 2 is 1.94 bits per heavy atom. The van der Waals surface area contributed by atoms with E-state index in [1.807, 2.05) is 0 Å². The Labute approximate surface area is 201 Å². The molecule has 1 amide bonds. The molecule has 0 bridgehead atoms. The number of aryl methyl sites for hydroxylation is 1. The van der Waals surface area contributed by atoms with Crippen LogP contribution >= 0.6 is 23.2 Å². The zero-order valence-electron chi connectivity index (χ0n) is 17.9. The first-order chi connectivity index (χ1) is 15.8. The van der Waals surface area contributed by atoms with Crippen molar-refractivity contribution in [3.05, 3.63) is 98.8 Å². The highest BCUT2D eigenvalue weighted by Crippen LogP contribution is 2.43. The van der Waals surface area contributed by atoms with E-state index in [4.69, 9.17) is 27.9 Å². The highest BCUT2D eigenvalue weighted by molar-refractivity contribution is 6.47. The molecule has 0 aliphatic carbocycles. The first-order valence-electron chi connectivity index (χ1n) is 10.1. The van der Waals surface area contributed by atoms with Crippen molar-refractivity contribution in [1.29, 1.82) is 0 Å². The van der Waals surface area contributed by atoms with E-state index < -0.39 is 17.7 Å². The van der Waals surface area contributed by atoms with E-state index in [0.29, 0.717) is 27.5 Å². The van der Waals surface area contributed by atoms with Gasteiger partial charge in [-0.2, -0.15) is 0 Å². The Morgan fingerprint density at radius 1 is 1.15 bits per heavy atom. The van der Waals surface area contributed by atoms with Crippen LogP contribution in [0.1, 0.15) is 28.3 Å². The van der Waals surface area contributed by atoms with Crippen LogP contribution in [0.3, 0.4) is 0 Å². The van der Waals surface area contributed by atoms with Crippen molar-refractivity contribution in [2.45, 2.75) is 19.5 Å². The molecule has 0 saturated carbocycles. The van der Waals surface area contributed by atoms with Crippen molar-refractivity contribution in [3.8, 4) is 5.75 Å². The Balaban J connectivity index is 1.91. The molecule has 1 atom stereocenters. The third-order valence-electron chi connectivity index (χ3n) is 5.56. The topological polar surface area (TPSA) is 79.7 Å². The number of aliphatic hydroxyl groups excluding tert-OH is 1. The standard InChI is InChI=1S/C25H20Cl2N2O4/c1-14-10-17(33-2)6-8-18(14)23(30)21-22(19-7-5-16(26)11-20(19)27)29(25(32)24(21)31)13-15-4-3-9-28-12-15/h3-12,22,30H,13H2,1-2H3/b23-21+/t22-/m1/s1. The van der Waals surface area contributed by atoms with E-state index >= 15 is 0 Å². The number of carbonyl (C=O) groups excluding carboxylic acids is 2. The molecule has 1 aliphatic heterocycles. The van der Waals surface area contributed by atoms with Gasteiger partial charge in [-0.15, -0.1) is 0 Å². The first kappa shape index (κ1) is 22.8. The van der Waals surface area contributed by atoms with Crippen LogP contribution in [-0.4, -0.2) is 33.8 Å².